The van der Waals surface area contributed by atoms with Gasteiger partial charge < -0.3 is 4.98 Å². The van der Waals surface area contributed by atoms with Crippen molar-refractivity contribution in [2.45, 2.75) is 25.8 Å². The SMILES string of the molecule is O=C1CCCC(=O)C1C=NCc1nc2ccccc2[nH]1. The lowest BCUT2D eigenvalue weighted by Gasteiger charge is -2.14. The molecule has 2 aromatic rings. The molecule has 1 heterocycles. The number of nitrogens with one attached hydrogen (secondary N) is 1. The van der Waals surface area contributed by atoms with Crippen molar-refractivity contribution in [3.63, 3.8) is 0 Å². The highest BCUT2D eigenvalue weighted by Crippen LogP contribution is 2.16. The summed E-state index contributed by atoms with van der Waals surface area (Å²) < 4.78 is 0. The molecule has 0 saturated heterocycles. The van der Waals surface area contributed by atoms with E-state index in [9.17, 15) is 9.59 Å². The van der Waals surface area contributed by atoms with Gasteiger partial charge in [-0.25, -0.2) is 4.98 Å². The van der Waals surface area contributed by atoms with Gasteiger partial charge in [0.15, 0.2) is 0 Å². The fourth-order valence-electron chi connectivity index (χ4n) is 2.42. The number of aromatic amines is 1. The van der Waals surface area contributed by atoms with Crippen LogP contribution in [0, 0.1) is 5.92 Å². The van der Waals surface area contributed by atoms with Crippen LogP contribution in [0.4, 0.5) is 0 Å². The smallest absolute Gasteiger partial charge is 0.148 e. The van der Waals surface area contributed by atoms with E-state index < -0.39 is 5.92 Å². The number of fused-ring (bicyclic) bond motifs is 1. The van der Waals surface area contributed by atoms with Crippen molar-refractivity contribution in [1.29, 1.82) is 0 Å². The standard InChI is InChI=1S/C15H15N3O2/c19-13-6-3-7-14(20)10(13)8-16-9-15-17-11-4-1-2-5-12(11)18-15/h1-2,4-5,8,10H,3,6-7,9H2,(H,17,18). The van der Waals surface area contributed by atoms with Gasteiger partial charge in [-0.15, -0.1) is 0 Å². The monoisotopic (exact) mass is 269 g/mol. The summed E-state index contributed by atoms with van der Waals surface area (Å²) in [7, 11) is 0. The van der Waals surface area contributed by atoms with Crippen molar-refractivity contribution in [3.8, 4) is 0 Å². The lowest BCUT2D eigenvalue weighted by molar-refractivity contribution is -0.132. The summed E-state index contributed by atoms with van der Waals surface area (Å²) >= 11 is 0. The second-order valence-electron chi connectivity index (χ2n) is 4.95. The first-order valence-corrected chi connectivity index (χ1v) is 6.73. The van der Waals surface area contributed by atoms with Crippen LogP contribution in [0.25, 0.3) is 11.0 Å². The minimum absolute atomic E-state index is 0.0189. The van der Waals surface area contributed by atoms with E-state index >= 15 is 0 Å². The van der Waals surface area contributed by atoms with Crippen molar-refractivity contribution in [1.82, 2.24) is 9.97 Å². The number of para-hydroxylation sites is 2. The summed E-state index contributed by atoms with van der Waals surface area (Å²) in [6.45, 7) is 0.353. The molecule has 1 fully saturated rings. The van der Waals surface area contributed by atoms with E-state index in [1.54, 1.807) is 0 Å². The van der Waals surface area contributed by atoms with Crippen molar-refractivity contribution < 1.29 is 9.59 Å². The lowest BCUT2D eigenvalue weighted by Crippen LogP contribution is -2.29. The predicted molar refractivity (Wildman–Crippen MR) is 75.6 cm³/mol. The van der Waals surface area contributed by atoms with Crippen molar-refractivity contribution in [3.05, 3.63) is 30.1 Å². The first-order chi connectivity index (χ1) is 9.74. The molecule has 5 heteroatoms. The zero-order valence-electron chi connectivity index (χ0n) is 11.0. The highest BCUT2D eigenvalue weighted by atomic mass is 16.2. The molecule has 5 nitrogen and oxygen atoms in total. The van der Waals surface area contributed by atoms with Gasteiger partial charge in [-0.1, -0.05) is 12.1 Å². The molecule has 3 rings (SSSR count). The Hall–Kier alpha value is -2.30. The molecule has 1 aliphatic rings. The maximum atomic E-state index is 11.7. The van der Waals surface area contributed by atoms with Crippen LogP contribution in [0.15, 0.2) is 29.3 Å². The highest BCUT2D eigenvalue weighted by Gasteiger charge is 2.28. The second kappa shape index (κ2) is 5.36. The number of imidazole rings is 1. The zero-order valence-corrected chi connectivity index (χ0v) is 11.0. The molecule has 0 bridgehead atoms. The molecule has 0 atom stereocenters. The number of hydrogen-bond acceptors (Lipinski definition) is 4. The van der Waals surface area contributed by atoms with E-state index in [1.807, 2.05) is 24.3 Å². The summed E-state index contributed by atoms with van der Waals surface area (Å²) in [6.07, 6.45) is 3.11. The van der Waals surface area contributed by atoms with Crippen LogP contribution >= 0.6 is 0 Å². The average Bonchev–Trinajstić information content (AvgIpc) is 2.84. The number of aliphatic imine (C=N–C) groups is 1. The van der Waals surface area contributed by atoms with Crippen molar-refractivity contribution in [2.75, 3.05) is 0 Å². The lowest BCUT2D eigenvalue weighted by atomic mass is 9.88. The Morgan fingerprint density at radius 2 is 2.00 bits per heavy atom. The number of rotatable bonds is 3. The highest BCUT2D eigenvalue weighted by molar-refractivity contribution is 6.15. The molecule has 1 N–H and O–H groups in total. The molecule has 1 aliphatic carbocycles. The third-order valence-corrected chi connectivity index (χ3v) is 3.47. The second-order valence-corrected chi connectivity index (χ2v) is 4.95. The minimum Gasteiger partial charge on any atom is -0.340 e. The molecule has 1 saturated carbocycles. The van der Waals surface area contributed by atoms with Gasteiger partial charge in [0.2, 0.25) is 0 Å². The Balaban J connectivity index is 1.70. The Bertz CT molecular complexity index is 638. The van der Waals surface area contributed by atoms with Crippen molar-refractivity contribution >= 4 is 28.8 Å². The number of carbonyl (C=O) groups excluding carboxylic acids is 2. The van der Waals surface area contributed by atoms with E-state index in [4.69, 9.17) is 0 Å². The number of ketones is 2. The predicted octanol–water partition coefficient (Wildman–Crippen LogP) is 2.07. The number of hydrogen-bond donors (Lipinski definition) is 1. The van der Waals surface area contributed by atoms with Crippen LogP contribution in [-0.4, -0.2) is 27.7 Å². The number of benzene rings is 1. The summed E-state index contributed by atoms with van der Waals surface area (Å²) in [5.74, 6) is 0.0514. The maximum absolute atomic E-state index is 11.7. The number of aromatic nitrogens is 2. The molecule has 1 aromatic heterocycles. The quantitative estimate of drug-likeness (QED) is 0.684. The van der Waals surface area contributed by atoms with Gasteiger partial charge in [0.25, 0.3) is 0 Å². The van der Waals surface area contributed by atoms with E-state index in [1.165, 1.54) is 6.21 Å². The molecule has 20 heavy (non-hydrogen) atoms. The number of nitrogens with zero attached hydrogens (tertiary/aromatic N) is 2. The van der Waals surface area contributed by atoms with Gasteiger partial charge in [0.05, 0.1) is 17.6 Å². The molecule has 1 aromatic carbocycles. The fraction of sp³-hybridized carbons (Fsp3) is 0.333. The number of H-pyrrole nitrogens is 1. The van der Waals surface area contributed by atoms with Crippen LogP contribution in [0.3, 0.4) is 0 Å². The molecule has 0 radical (unpaired) electrons. The molecular weight excluding hydrogens is 254 g/mol. The van der Waals surface area contributed by atoms with Gasteiger partial charge in [-0.3, -0.25) is 14.6 Å². The van der Waals surface area contributed by atoms with E-state index in [-0.39, 0.29) is 11.6 Å². The molecule has 0 spiro atoms. The summed E-state index contributed by atoms with van der Waals surface area (Å²) in [6, 6.07) is 7.74. The number of Topliss-reactive ketones (excluding diaryl/α,β-unsaturated/α-hetero) is 2. The normalized spacial score (nSPS) is 17.4. The Labute approximate surface area is 116 Å². The minimum atomic E-state index is -0.645. The topological polar surface area (TPSA) is 75.2 Å². The van der Waals surface area contributed by atoms with Crippen LogP contribution in [0.1, 0.15) is 25.1 Å². The van der Waals surface area contributed by atoms with Crippen LogP contribution in [0.5, 0.6) is 0 Å². The summed E-state index contributed by atoms with van der Waals surface area (Å²) in [4.78, 5) is 35.1. The zero-order chi connectivity index (χ0) is 13.9. The third-order valence-electron chi connectivity index (χ3n) is 3.47. The first-order valence-electron chi connectivity index (χ1n) is 6.73. The van der Waals surface area contributed by atoms with Crippen molar-refractivity contribution in [2.24, 2.45) is 10.9 Å². The van der Waals surface area contributed by atoms with Gasteiger partial charge in [0, 0.05) is 19.1 Å². The average molecular weight is 269 g/mol. The van der Waals surface area contributed by atoms with Gasteiger partial charge in [-0.05, 0) is 18.6 Å². The van der Waals surface area contributed by atoms with Crippen LogP contribution < -0.4 is 0 Å². The van der Waals surface area contributed by atoms with Crippen LogP contribution in [-0.2, 0) is 16.1 Å². The molecular formula is C15H15N3O2. The molecule has 102 valence electrons. The van der Waals surface area contributed by atoms with E-state index in [2.05, 4.69) is 15.0 Å². The van der Waals surface area contributed by atoms with Gasteiger partial charge in [0.1, 0.15) is 23.3 Å². The number of carbonyl (C=O) groups is 2. The maximum Gasteiger partial charge on any atom is 0.148 e. The Morgan fingerprint density at radius 3 is 2.75 bits per heavy atom. The van der Waals surface area contributed by atoms with Gasteiger partial charge >= 0.3 is 0 Å². The molecule has 0 unspecified atom stereocenters. The Morgan fingerprint density at radius 1 is 1.25 bits per heavy atom. The fourth-order valence-corrected chi connectivity index (χ4v) is 2.42. The van der Waals surface area contributed by atoms with Crippen LogP contribution in [0.2, 0.25) is 0 Å². The van der Waals surface area contributed by atoms with E-state index in [0.717, 1.165) is 16.9 Å². The first kappa shape index (κ1) is 12.7. The third kappa shape index (κ3) is 2.52. The molecule has 0 aliphatic heterocycles. The van der Waals surface area contributed by atoms with E-state index in [0.29, 0.717) is 25.8 Å². The van der Waals surface area contributed by atoms with Gasteiger partial charge in [-0.2, -0.15) is 0 Å². The largest absolute Gasteiger partial charge is 0.340 e. The molecule has 0 amide bonds. The summed E-state index contributed by atoms with van der Waals surface area (Å²) in [5, 5.41) is 0. The Kier molecular flexibility index (Phi) is 3.41. The summed E-state index contributed by atoms with van der Waals surface area (Å²) in [5.41, 5.74) is 1.85.